The molecule has 0 amide bonds. The predicted molar refractivity (Wildman–Crippen MR) is 69.0 cm³/mol. The number of hydrogen-bond acceptors (Lipinski definition) is 5. The molecule has 0 bridgehead atoms. The third-order valence-electron chi connectivity index (χ3n) is 3.07. The highest BCUT2D eigenvalue weighted by Gasteiger charge is 2.27. The van der Waals surface area contributed by atoms with E-state index in [1.54, 1.807) is 4.57 Å². The normalized spacial score (nSPS) is 20.9. The molecule has 108 valence electrons. The van der Waals surface area contributed by atoms with Crippen molar-refractivity contribution in [2.75, 3.05) is 13.2 Å². The molecule has 7 nitrogen and oxygen atoms in total. The number of nitrogens with two attached hydrogens (primary N) is 1. The maximum Gasteiger partial charge on any atom is 0.273 e. The summed E-state index contributed by atoms with van der Waals surface area (Å²) in [4.78, 5) is 0. The largest absolute Gasteiger partial charge is 0.381 e. The maximum atomic E-state index is 11.6. The first kappa shape index (κ1) is 14.4. The lowest BCUT2D eigenvalue weighted by Gasteiger charge is -2.22. The minimum atomic E-state index is -3.85. The zero-order chi connectivity index (χ0) is 14.0. The first-order valence-corrected chi connectivity index (χ1v) is 7.98. The van der Waals surface area contributed by atoms with Crippen molar-refractivity contribution >= 4 is 10.0 Å². The number of hydrogen-bond donors (Lipinski definition) is 1. The van der Waals surface area contributed by atoms with Gasteiger partial charge in [-0.05, 0) is 18.8 Å². The zero-order valence-electron chi connectivity index (χ0n) is 11.2. The van der Waals surface area contributed by atoms with Gasteiger partial charge in [0.2, 0.25) is 0 Å². The summed E-state index contributed by atoms with van der Waals surface area (Å²) >= 11 is 0. The second-order valence-electron chi connectivity index (χ2n) is 5.30. The molecule has 2 heterocycles. The molecule has 0 aromatic carbocycles. The minimum Gasteiger partial charge on any atom is -0.381 e. The van der Waals surface area contributed by atoms with Gasteiger partial charge in [0.25, 0.3) is 15.2 Å². The van der Waals surface area contributed by atoms with Gasteiger partial charge in [0.05, 0.1) is 6.61 Å². The Morgan fingerprint density at radius 2 is 2.21 bits per heavy atom. The van der Waals surface area contributed by atoms with E-state index in [0.717, 1.165) is 19.4 Å². The molecule has 1 aromatic rings. The van der Waals surface area contributed by atoms with Crippen LogP contribution in [0.1, 0.15) is 38.4 Å². The Balaban J connectivity index is 2.40. The van der Waals surface area contributed by atoms with Crippen molar-refractivity contribution in [3.8, 4) is 0 Å². The van der Waals surface area contributed by atoms with Crippen LogP contribution in [0.25, 0.3) is 0 Å². The molecule has 1 fully saturated rings. The van der Waals surface area contributed by atoms with Crippen molar-refractivity contribution in [2.45, 2.75) is 44.3 Å². The minimum absolute atomic E-state index is 0.0931. The molecule has 8 heteroatoms. The number of primary sulfonamides is 1. The van der Waals surface area contributed by atoms with Crippen molar-refractivity contribution in [1.82, 2.24) is 14.8 Å². The van der Waals surface area contributed by atoms with E-state index in [9.17, 15) is 8.42 Å². The number of nitrogens with zero attached hydrogens (tertiary/aromatic N) is 3. The van der Waals surface area contributed by atoms with Gasteiger partial charge in [-0.15, -0.1) is 10.2 Å². The summed E-state index contributed by atoms with van der Waals surface area (Å²) in [6.45, 7) is 5.85. The summed E-state index contributed by atoms with van der Waals surface area (Å²) in [7, 11) is -3.85. The lowest BCUT2D eigenvalue weighted by Crippen LogP contribution is -2.24. The molecule has 0 radical (unpaired) electrons. The van der Waals surface area contributed by atoms with E-state index in [4.69, 9.17) is 9.88 Å². The van der Waals surface area contributed by atoms with Crippen LogP contribution in [-0.4, -0.2) is 36.4 Å². The van der Waals surface area contributed by atoms with E-state index in [2.05, 4.69) is 10.2 Å². The lowest BCUT2D eigenvalue weighted by atomic mass is 10.0. The molecule has 0 saturated carbocycles. The van der Waals surface area contributed by atoms with Gasteiger partial charge in [0.1, 0.15) is 5.82 Å². The van der Waals surface area contributed by atoms with E-state index in [0.29, 0.717) is 19.0 Å². The Hall–Kier alpha value is -0.990. The van der Waals surface area contributed by atoms with Crippen LogP contribution in [-0.2, 0) is 21.3 Å². The van der Waals surface area contributed by atoms with Crippen molar-refractivity contribution < 1.29 is 13.2 Å². The molecule has 2 N–H and O–H groups in total. The molecular weight excluding hydrogens is 268 g/mol. The Morgan fingerprint density at radius 3 is 2.74 bits per heavy atom. The SMILES string of the molecule is CC(C)Cn1c(C2CCCOC2)nnc1S(N)(=O)=O. The summed E-state index contributed by atoms with van der Waals surface area (Å²) in [6, 6.07) is 0. The Morgan fingerprint density at radius 1 is 1.47 bits per heavy atom. The molecule has 19 heavy (non-hydrogen) atoms. The highest BCUT2D eigenvalue weighted by atomic mass is 32.2. The predicted octanol–water partition coefficient (Wildman–Crippen LogP) is 0.476. The van der Waals surface area contributed by atoms with Gasteiger partial charge in [0, 0.05) is 19.1 Å². The molecule has 2 rings (SSSR count). The van der Waals surface area contributed by atoms with Gasteiger partial charge < -0.3 is 9.30 Å². The summed E-state index contributed by atoms with van der Waals surface area (Å²) in [5.74, 6) is 1.03. The summed E-state index contributed by atoms with van der Waals surface area (Å²) in [5, 5.41) is 12.8. The molecule has 1 atom stereocenters. The van der Waals surface area contributed by atoms with Crippen molar-refractivity contribution in [1.29, 1.82) is 0 Å². The fourth-order valence-electron chi connectivity index (χ4n) is 2.29. The molecule has 0 spiro atoms. The summed E-state index contributed by atoms with van der Waals surface area (Å²) in [6.07, 6.45) is 1.88. The first-order valence-electron chi connectivity index (χ1n) is 6.43. The molecule has 1 aliphatic heterocycles. The second kappa shape index (κ2) is 5.56. The van der Waals surface area contributed by atoms with E-state index in [1.807, 2.05) is 13.8 Å². The maximum absolute atomic E-state index is 11.6. The fourth-order valence-corrected chi connectivity index (χ4v) is 2.92. The quantitative estimate of drug-likeness (QED) is 0.868. The van der Waals surface area contributed by atoms with Crippen LogP contribution >= 0.6 is 0 Å². The third kappa shape index (κ3) is 3.31. The highest BCUT2D eigenvalue weighted by molar-refractivity contribution is 7.89. The standard InChI is InChI=1S/C11H20N4O3S/c1-8(2)6-15-10(9-4-3-5-18-7-9)13-14-11(15)19(12,16)17/h8-9H,3-7H2,1-2H3,(H2,12,16,17). The van der Waals surface area contributed by atoms with Gasteiger partial charge in [-0.2, -0.15) is 0 Å². The first-order chi connectivity index (χ1) is 8.89. The van der Waals surface area contributed by atoms with Gasteiger partial charge in [-0.1, -0.05) is 13.8 Å². The second-order valence-corrected chi connectivity index (χ2v) is 6.76. The number of rotatable bonds is 4. The lowest BCUT2D eigenvalue weighted by molar-refractivity contribution is 0.0765. The average molecular weight is 288 g/mol. The highest BCUT2D eigenvalue weighted by Crippen LogP contribution is 2.26. The topological polar surface area (TPSA) is 100 Å². The molecule has 1 saturated heterocycles. The van der Waals surface area contributed by atoms with E-state index >= 15 is 0 Å². The number of aromatic nitrogens is 3. The van der Waals surface area contributed by atoms with Crippen molar-refractivity contribution in [2.24, 2.45) is 11.1 Å². The Kier molecular flexibility index (Phi) is 4.22. The van der Waals surface area contributed by atoms with Crippen LogP contribution in [0.3, 0.4) is 0 Å². The zero-order valence-corrected chi connectivity index (χ0v) is 12.1. The van der Waals surface area contributed by atoms with Gasteiger partial charge in [-0.25, -0.2) is 13.6 Å². The van der Waals surface area contributed by atoms with Gasteiger partial charge in [-0.3, -0.25) is 0 Å². The average Bonchev–Trinajstić information content (AvgIpc) is 2.72. The summed E-state index contributed by atoms with van der Waals surface area (Å²) < 4.78 is 30.2. The number of ether oxygens (including phenoxy) is 1. The monoisotopic (exact) mass is 288 g/mol. The summed E-state index contributed by atoms with van der Waals surface area (Å²) in [5.41, 5.74) is 0. The number of sulfonamides is 1. The third-order valence-corrected chi connectivity index (χ3v) is 3.88. The van der Waals surface area contributed by atoms with Crippen LogP contribution < -0.4 is 5.14 Å². The van der Waals surface area contributed by atoms with E-state index in [1.165, 1.54) is 0 Å². The van der Waals surface area contributed by atoms with E-state index in [-0.39, 0.29) is 17.0 Å². The Labute approximate surface area is 113 Å². The van der Waals surface area contributed by atoms with Crippen LogP contribution in [0.5, 0.6) is 0 Å². The fraction of sp³-hybridized carbons (Fsp3) is 0.818. The van der Waals surface area contributed by atoms with Gasteiger partial charge in [0.15, 0.2) is 0 Å². The molecule has 1 aliphatic rings. The van der Waals surface area contributed by atoms with Crippen molar-refractivity contribution in [3.05, 3.63) is 5.82 Å². The van der Waals surface area contributed by atoms with Crippen LogP contribution in [0.15, 0.2) is 5.16 Å². The van der Waals surface area contributed by atoms with Crippen LogP contribution in [0, 0.1) is 5.92 Å². The Bertz CT molecular complexity index is 532. The van der Waals surface area contributed by atoms with E-state index < -0.39 is 10.0 Å². The molecule has 0 aliphatic carbocycles. The van der Waals surface area contributed by atoms with Crippen LogP contribution in [0.4, 0.5) is 0 Å². The molecular formula is C11H20N4O3S. The van der Waals surface area contributed by atoms with Crippen LogP contribution in [0.2, 0.25) is 0 Å². The smallest absolute Gasteiger partial charge is 0.273 e. The molecule has 1 unspecified atom stereocenters. The van der Waals surface area contributed by atoms with Crippen molar-refractivity contribution in [3.63, 3.8) is 0 Å². The van der Waals surface area contributed by atoms with Gasteiger partial charge >= 0.3 is 0 Å². The molecule has 1 aromatic heterocycles.